The number of carbonyl (C=O) groups excluding carboxylic acids is 1. The second-order valence-electron chi connectivity index (χ2n) is 6.55. The van der Waals surface area contributed by atoms with Gasteiger partial charge in [-0.25, -0.2) is 0 Å². The van der Waals surface area contributed by atoms with Crippen molar-refractivity contribution < 1.29 is 22.9 Å². The first-order valence-electron chi connectivity index (χ1n) is 8.78. The average Bonchev–Trinajstić information content (AvgIpc) is 2.64. The lowest BCUT2D eigenvalue weighted by Gasteiger charge is -2.31. The number of aliphatic hydroxyl groups excluding tert-OH is 1. The summed E-state index contributed by atoms with van der Waals surface area (Å²) in [5.41, 5.74) is 2.45. The lowest BCUT2D eigenvalue weighted by Crippen LogP contribution is -2.42. The van der Waals surface area contributed by atoms with Crippen molar-refractivity contribution in [3.63, 3.8) is 0 Å². The molecule has 2 rings (SSSR count). The summed E-state index contributed by atoms with van der Waals surface area (Å²) in [6, 6.07) is 16.0. The van der Waals surface area contributed by atoms with Crippen LogP contribution in [-0.4, -0.2) is 47.3 Å². The summed E-state index contributed by atoms with van der Waals surface area (Å²) in [5, 5.41) is 9.84. The van der Waals surface area contributed by atoms with Gasteiger partial charge in [0.05, 0.1) is 18.4 Å². The molecule has 0 aromatic heterocycles. The Morgan fingerprint density at radius 1 is 1.07 bits per heavy atom. The van der Waals surface area contributed by atoms with Gasteiger partial charge in [-0.05, 0) is 37.5 Å². The van der Waals surface area contributed by atoms with Crippen LogP contribution in [0.5, 0.6) is 0 Å². The fourth-order valence-corrected chi connectivity index (χ4v) is 3.39. The van der Waals surface area contributed by atoms with E-state index in [-0.39, 0.29) is 25.4 Å². The van der Waals surface area contributed by atoms with Crippen molar-refractivity contribution in [2.75, 3.05) is 12.4 Å². The third-order valence-electron chi connectivity index (χ3n) is 4.35. The van der Waals surface area contributed by atoms with Gasteiger partial charge in [-0.3, -0.25) is 9.35 Å². The fourth-order valence-electron chi connectivity index (χ4n) is 2.86. The summed E-state index contributed by atoms with van der Waals surface area (Å²) in [7, 11) is -4.07. The molecule has 1 unspecified atom stereocenters. The highest BCUT2D eigenvalue weighted by molar-refractivity contribution is 7.85. The van der Waals surface area contributed by atoms with Gasteiger partial charge in [-0.2, -0.15) is 8.42 Å². The summed E-state index contributed by atoms with van der Waals surface area (Å²) in [5.74, 6) is -0.633. The van der Waals surface area contributed by atoms with Crippen LogP contribution in [-0.2, 0) is 16.7 Å². The molecular formula is C20H25NO5S. The van der Waals surface area contributed by atoms with Crippen LogP contribution in [0.3, 0.4) is 0 Å². The van der Waals surface area contributed by atoms with E-state index < -0.39 is 21.9 Å². The number of hydrogen-bond donors (Lipinski definition) is 2. The van der Waals surface area contributed by atoms with Crippen molar-refractivity contribution in [1.29, 1.82) is 0 Å². The summed E-state index contributed by atoms with van der Waals surface area (Å²) < 4.78 is 30.8. The normalized spacial score (nSPS) is 12.6. The van der Waals surface area contributed by atoms with E-state index in [0.29, 0.717) is 12.1 Å². The predicted octanol–water partition coefficient (Wildman–Crippen LogP) is 2.67. The molecule has 0 aliphatic carbocycles. The number of benzene rings is 2. The highest BCUT2D eigenvalue weighted by atomic mass is 32.2. The molecule has 0 aliphatic rings. The Kier molecular flexibility index (Phi) is 7.53. The standard InChI is InChI=1S/C20H25NO5S/c1-16-9-11-18(12-10-16)20(23)21(14-17-6-3-2-4-7-17)19(15-22)8-5-13-27(24,25)26/h2-4,6-7,9-12,19,22H,5,8,13-15H2,1H3,(H,24,25,26). The Hall–Kier alpha value is -2.22. The minimum Gasteiger partial charge on any atom is -0.394 e. The van der Waals surface area contributed by atoms with E-state index in [1.54, 1.807) is 17.0 Å². The number of aryl methyl sites for hydroxylation is 1. The van der Waals surface area contributed by atoms with Gasteiger partial charge < -0.3 is 10.0 Å². The van der Waals surface area contributed by atoms with Gasteiger partial charge in [-0.1, -0.05) is 48.0 Å². The highest BCUT2D eigenvalue weighted by Crippen LogP contribution is 2.17. The molecular weight excluding hydrogens is 366 g/mol. The first kappa shape index (κ1) is 21.1. The molecule has 0 fully saturated rings. The van der Waals surface area contributed by atoms with Crippen LogP contribution in [0.2, 0.25) is 0 Å². The van der Waals surface area contributed by atoms with Crippen LogP contribution in [0.15, 0.2) is 54.6 Å². The van der Waals surface area contributed by atoms with Crippen molar-refractivity contribution in [3.05, 3.63) is 71.3 Å². The first-order valence-corrected chi connectivity index (χ1v) is 10.4. The maximum absolute atomic E-state index is 13.1. The molecule has 27 heavy (non-hydrogen) atoms. The van der Waals surface area contributed by atoms with Crippen molar-refractivity contribution in [2.24, 2.45) is 0 Å². The highest BCUT2D eigenvalue weighted by Gasteiger charge is 2.25. The van der Waals surface area contributed by atoms with Gasteiger partial charge in [0.25, 0.3) is 16.0 Å². The maximum Gasteiger partial charge on any atom is 0.264 e. The summed E-state index contributed by atoms with van der Waals surface area (Å²) >= 11 is 0. The van der Waals surface area contributed by atoms with E-state index in [0.717, 1.165) is 11.1 Å². The quantitative estimate of drug-likeness (QED) is 0.641. The first-order chi connectivity index (χ1) is 12.8. The number of aliphatic hydroxyl groups is 1. The van der Waals surface area contributed by atoms with E-state index in [4.69, 9.17) is 4.55 Å². The summed E-state index contributed by atoms with van der Waals surface area (Å²) in [6.45, 7) is 1.93. The van der Waals surface area contributed by atoms with Crippen LogP contribution in [0.25, 0.3) is 0 Å². The second-order valence-corrected chi connectivity index (χ2v) is 8.12. The molecule has 1 amide bonds. The van der Waals surface area contributed by atoms with Crippen molar-refractivity contribution in [2.45, 2.75) is 32.4 Å². The van der Waals surface area contributed by atoms with Crippen molar-refractivity contribution >= 4 is 16.0 Å². The van der Waals surface area contributed by atoms with Gasteiger partial charge in [0.15, 0.2) is 0 Å². The Bertz CT molecular complexity index is 834. The molecule has 2 aromatic carbocycles. The van der Waals surface area contributed by atoms with Gasteiger partial charge in [0.2, 0.25) is 0 Å². The number of amides is 1. The Morgan fingerprint density at radius 2 is 1.70 bits per heavy atom. The third-order valence-corrected chi connectivity index (χ3v) is 5.15. The topological polar surface area (TPSA) is 94.9 Å². The van der Waals surface area contributed by atoms with Crippen LogP contribution in [0.1, 0.15) is 34.3 Å². The Morgan fingerprint density at radius 3 is 2.26 bits per heavy atom. The molecule has 0 saturated heterocycles. The van der Waals surface area contributed by atoms with Crippen molar-refractivity contribution in [3.8, 4) is 0 Å². The number of carbonyl (C=O) groups is 1. The average molecular weight is 391 g/mol. The van der Waals surface area contributed by atoms with Gasteiger partial charge in [-0.15, -0.1) is 0 Å². The summed E-state index contributed by atoms with van der Waals surface area (Å²) in [4.78, 5) is 14.6. The van der Waals surface area contributed by atoms with E-state index >= 15 is 0 Å². The molecule has 0 heterocycles. The Labute approximate surface area is 160 Å². The van der Waals surface area contributed by atoms with E-state index in [2.05, 4.69) is 0 Å². The number of hydrogen-bond acceptors (Lipinski definition) is 4. The minimum absolute atomic E-state index is 0.149. The molecule has 2 aromatic rings. The minimum atomic E-state index is -4.07. The zero-order valence-corrected chi connectivity index (χ0v) is 16.1. The zero-order valence-electron chi connectivity index (χ0n) is 15.3. The molecule has 0 spiro atoms. The molecule has 0 saturated carbocycles. The monoisotopic (exact) mass is 391 g/mol. The van der Waals surface area contributed by atoms with Crippen LogP contribution < -0.4 is 0 Å². The number of nitrogens with zero attached hydrogens (tertiary/aromatic N) is 1. The van der Waals surface area contributed by atoms with E-state index in [9.17, 15) is 18.3 Å². The third kappa shape index (κ3) is 6.78. The van der Waals surface area contributed by atoms with E-state index in [1.807, 2.05) is 49.4 Å². The summed E-state index contributed by atoms with van der Waals surface area (Å²) in [6.07, 6.45) is 0.414. The van der Waals surface area contributed by atoms with Crippen LogP contribution in [0.4, 0.5) is 0 Å². The molecule has 2 N–H and O–H groups in total. The van der Waals surface area contributed by atoms with Gasteiger partial charge in [0, 0.05) is 12.1 Å². The van der Waals surface area contributed by atoms with Gasteiger partial charge >= 0.3 is 0 Å². The zero-order chi connectivity index (χ0) is 19.9. The molecule has 0 aliphatic heterocycles. The lowest BCUT2D eigenvalue weighted by atomic mass is 10.1. The fraction of sp³-hybridized carbons (Fsp3) is 0.350. The van der Waals surface area contributed by atoms with E-state index in [1.165, 1.54) is 0 Å². The molecule has 7 heteroatoms. The predicted molar refractivity (Wildman–Crippen MR) is 104 cm³/mol. The van der Waals surface area contributed by atoms with Gasteiger partial charge in [0.1, 0.15) is 0 Å². The Balaban J connectivity index is 2.23. The molecule has 6 nitrogen and oxygen atoms in total. The molecule has 1 atom stereocenters. The smallest absolute Gasteiger partial charge is 0.264 e. The second kappa shape index (κ2) is 9.64. The number of rotatable bonds is 9. The molecule has 146 valence electrons. The van der Waals surface area contributed by atoms with Crippen LogP contribution >= 0.6 is 0 Å². The molecule has 0 bridgehead atoms. The van der Waals surface area contributed by atoms with Crippen LogP contribution in [0, 0.1) is 6.92 Å². The van der Waals surface area contributed by atoms with Crippen molar-refractivity contribution in [1.82, 2.24) is 4.90 Å². The largest absolute Gasteiger partial charge is 0.394 e. The molecule has 0 radical (unpaired) electrons. The SMILES string of the molecule is Cc1ccc(C(=O)N(Cc2ccccc2)C(CO)CCCS(=O)(=O)O)cc1. The lowest BCUT2D eigenvalue weighted by molar-refractivity contribution is 0.0554. The maximum atomic E-state index is 13.1.